The summed E-state index contributed by atoms with van der Waals surface area (Å²) in [7, 11) is 2.05. The molecule has 5 rings (SSSR count). The van der Waals surface area contributed by atoms with E-state index in [0.29, 0.717) is 29.5 Å². The van der Waals surface area contributed by atoms with Crippen molar-refractivity contribution >= 4 is 6.29 Å². The highest BCUT2D eigenvalue weighted by Crippen LogP contribution is 2.41. The van der Waals surface area contributed by atoms with Crippen molar-refractivity contribution in [2.45, 2.75) is 137 Å². The molecule has 3 heterocycles. The van der Waals surface area contributed by atoms with E-state index in [4.69, 9.17) is 5.10 Å². The number of piperidine rings is 1. The van der Waals surface area contributed by atoms with Gasteiger partial charge in [-0.05, 0) is 95.3 Å². The second-order valence-corrected chi connectivity index (χ2v) is 12.0. The zero-order chi connectivity index (χ0) is 28.3. The van der Waals surface area contributed by atoms with Crippen molar-refractivity contribution in [2.75, 3.05) is 20.1 Å². The molecule has 1 aromatic heterocycles. The second-order valence-electron chi connectivity index (χ2n) is 12.0. The van der Waals surface area contributed by atoms with Gasteiger partial charge in [-0.25, -0.2) is 0 Å². The van der Waals surface area contributed by atoms with E-state index in [0.717, 1.165) is 32.2 Å². The van der Waals surface area contributed by atoms with Crippen LogP contribution in [0.2, 0.25) is 0 Å². The Kier molecular flexibility index (Phi) is 13.2. The lowest BCUT2D eigenvalue weighted by Gasteiger charge is -2.39. The minimum Gasteiger partial charge on any atom is -0.313 e. The Bertz CT molecular complexity index is 856. The lowest BCUT2D eigenvalue weighted by atomic mass is 9.76. The molecule has 0 amide bonds. The lowest BCUT2D eigenvalue weighted by molar-refractivity contribution is -0.118. The topological polar surface area (TPSA) is 73.0 Å². The third-order valence-corrected chi connectivity index (χ3v) is 8.98. The van der Waals surface area contributed by atoms with Crippen LogP contribution in [0, 0.1) is 11.3 Å². The minimum atomic E-state index is -0.194. The molecule has 6 heteroatoms. The summed E-state index contributed by atoms with van der Waals surface area (Å²) >= 11 is 0. The molecule has 6 nitrogen and oxygen atoms in total. The molecule has 5 unspecified atom stereocenters. The van der Waals surface area contributed by atoms with Crippen LogP contribution in [0.5, 0.6) is 0 Å². The summed E-state index contributed by atoms with van der Waals surface area (Å²) in [5, 5.41) is 15.3. The van der Waals surface area contributed by atoms with Gasteiger partial charge in [-0.15, -0.1) is 0 Å². The van der Waals surface area contributed by atoms with Crippen LogP contribution in [0.1, 0.15) is 123 Å². The molecule has 2 saturated heterocycles. The molecule has 0 saturated carbocycles. The summed E-state index contributed by atoms with van der Waals surface area (Å²) in [6.45, 7) is 19.1. The maximum Gasteiger partial charge on any atom is 0.139 e. The number of aldehydes is 1. The molecular formula is C32H59N5O. The molecule has 1 aromatic rings. The van der Waals surface area contributed by atoms with Crippen LogP contribution in [0.3, 0.4) is 0 Å². The van der Waals surface area contributed by atoms with E-state index in [2.05, 4.69) is 53.6 Å². The predicted octanol–water partition coefficient (Wildman–Crippen LogP) is 6.38. The van der Waals surface area contributed by atoms with Gasteiger partial charge < -0.3 is 15.4 Å². The molecule has 0 bridgehead atoms. The molecule has 2 fully saturated rings. The molecule has 218 valence electrons. The van der Waals surface area contributed by atoms with Crippen molar-refractivity contribution < 1.29 is 4.79 Å². The highest BCUT2D eigenvalue weighted by molar-refractivity contribution is 5.63. The molecule has 2 aliphatic heterocycles. The highest BCUT2D eigenvalue weighted by Gasteiger charge is 2.39. The van der Waals surface area contributed by atoms with Gasteiger partial charge in [0.25, 0.3) is 0 Å². The molecule has 5 atom stereocenters. The van der Waals surface area contributed by atoms with E-state index in [1.54, 1.807) is 0 Å². The van der Waals surface area contributed by atoms with Crippen LogP contribution in [0.15, 0.2) is 12.2 Å². The third kappa shape index (κ3) is 8.02. The zero-order valence-electron chi connectivity index (χ0n) is 26.1. The molecule has 3 N–H and O–H groups in total. The summed E-state index contributed by atoms with van der Waals surface area (Å²) in [5.74, 6) is 0.669. The van der Waals surface area contributed by atoms with Crippen molar-refractivity contribution in [3.63, 3.8) is 0 Å². The highest BCUT2D eigenvalue weighted by atomic mass is 16.1. The Morgan fingerprint density at radius 3 is 2.42 bits per heavy atom. The minimum absolute atomic E-state index is 0.194. The fourth-order valence-electron chi connectivity index (χ4n) is 6.32. The van der Waals surface area contributed by atoms with Gasteiger partial charge in [0.1, 0.15) is 6.29 Å². The average Bonchev–Trinajstić information content (AvgIpc) is 3.58. The molecule has 0 spiro atoms. The Morgan fingerprint density at radius 1 is 1.13 bits per heavy atom. The third-order valence-electron chi connectivity index (χ3n) is 8.98. The lowest BCUT2D eigenvalue weighted by Crippen LogP contribution is -2.49. The number of likely N-dealkylation sites (N-methyl/N-ethyl adjacent to an activating group) is 1. The number of nitrogens with zero attached hydrogens (tertiary/aromatic N) is 2. The number of hydrogen-bond acceptors (Lipinski definition) is 5. The van der Waals surface area contributed by atoms with E-state index >= 15 is 0 Å². The predicted molar refractivity (Wildman–Crippen MR) is 162 cm³/mol. The van der Waals surface area contributed by atoms with E-state index in [9.17, 15) is 4.79 Å². The van der Waals surface area contributed by atoms with Gasteiger partial charge in [0.15, 0.2) is 0 Å². The quantitative estimate of drug-likeness (QED) is 0.305. The number of H-pyrrole nitrogens is 1. The van der Waals surface area contributed by atoms with E-state index in [1.165, 1.54) is 61.9 Å². The molecule has 0 aromatic carbocycles. The van der Waals surface area contributed by atoms with Crippen LogP contribution < -0.4 is 10.6 Å². The van der Waals surface area contributed by atoms with Gasteiger partial charge in [0.05, 0.1) is 17.3 Å². The number of nitrogens with one attached hydrogen (secondary N) is 3. The number of carbonyl (C=O) groups excluding carboxylic acids is 1. The molecular weight excluding hydrogens is 470 g/mol. The Hall–Kier alpha value is -1.50. The smallest absolute Gasteiger partial charge is 0.139 e. The van der Waals surface area contributed by atoms with Crippen LogP contribution >= 0.6 is 0 Å². The van der Waals surface area contributed by atoms with Gasteiger partial charge in [0, 0.05) is 17.8 Å². The number of rotatable bonds is 5. The van der Waals surface area contributed by atoms with Gasteiger partial charge in [-0.3, -0.25) is 10.00 Å². The fraction of sp³-hybridized carbons (Fsp3) is 0.812. The molecule has 2 aliphatic carbocycles. The van der Waals surface area contributed by atoms with E-state index in [1.807, 2.05) is 41.7 Å². The number of likely N-dealkylation sites (tertiary alicyclic amines) is 1. The van der Waals surface area contributed by atoms with Crippen LogP contribution in [0.4, 0.5) is 0 Å². The van der Waals surface area contributed by atoms with E-state index in [-0.39, 0.29) is 5.54 Å². The summed E-state index contributed by atoms with van der Waals surface area (Å²) in [5.41, 5.74) is 4.40. The van der Waals surface area contributed by atoms with Gasteiger partial charge in [0.2, 0.25) is 0 Å². The maximum atomic E-state index is 10.9. The Balaban J connectivity index is 0.000000270. The largest absolute Gasteiger partial charge is 0.313 e. The Morgan fingerprint density at radius 2 is 1.82 bits per heavy atom. The summed E-state index contributed by atoms with van der Waals surface area (Å²) in [4.78, 5) is 13.2. The number of aromatic nitrogens is 2. The first-order valence-electron chi connectivity index (χ1n) is 15.7. The van der Waals surface area contributed by atoms with Crippen molar-refractivity contribution in [3.8, 4) is 0 Å². The number of hydrogen-bond donors (Lipinski definition) is 3. The molecule has 38 heavy (non-hydrogen) atoms. The normalized spacial score (nSPS) is 29.1. The van der Waals surface area contributed by atoms with Crippen molar-refractivity contribution in [2.24, 2.45) is 11.3 Å². The van der Waals surface area contributed by atoms with Gasteiger partial charge in [-0.1, -0.05) is 67.0 Å². The first-order chi connectivity index (χ1) is 18.3. The SMILES string of the molecule is CC.CC.CCC(C)(C=O)N1CCCCC1.CNC1C=CC2CC(c3n[nH]c4c3CCC(C)(C)C4)NC2C1. The number of fused-ring (bicyclic) bond motifs is 2. The standard InChI is InChI=1S/C18H28N4.C10H19NO.2C2H6/c1-18(2)7-6-13-16(10-18)21-22-17(13)15-8-11-4-5-12(19-3)9-14(11)20-15;1-3-10(2,9-12)11-7-5-4-6-8-11;2*1-2/h4-5,11-12,14-15,19-20H,6-10H2,1-3H3,(H,21,22);9H,3-8H2,1-2H3;2*1-2H3. The second kappa shape index (κ2) is 15.3. The fourth-order valence-corrected chi connectivity index (χ4v) is 6.32. The molecule has 4 aliphatic rings. The molecule has 0 radical (unpaired) electrons. The summed E-state index contributed by atoms with van der Waals surface area (Å²) in [6, 6.07) is 1.54. The van der Waals surface area contributed by atoms with E-state index < -0.39 is 0 Å². The van der Waals surface area contributed by atoms with Gasteiger partial charge >= 0.3 is 0 Å². The van der Waals surface area contributed by atoms with Gasteiger partial charge in [-0.2, -0.15) is 5.10 Å². The maximum absolute atomic E-state index is 10.9. The average molecular weight is 530 g/mol. The first-order valence-corrected chi connectivity index (χ1v) is 15.7. The van der Waals surface area contributed by atoms with Crippen LogP contribution in [0.25, 0.3) is 0 Å². The number of aromatic amines is 1. The van der Waals surface area contributed by atoms with Crippen molar-refractivity contribution in [1.82, 2.24) is 25.7 Å². The van der Waals surface area contributed by atoms with Crippen molar-refractivity contribution in [3.05, 3.63) is 29.1 Å². The number of carbonyl (C=O) groups is 1. The van der Waals surface area contributed by atoms with Crippen LogP contribution in [-0.2, 0) is 17.6 Å². The van der Waals surface area contributed by atoms with Crippen molar-refractivity contribution in [1.29, 1.82) is 0 Å². The monoisotopic (exact) mass is 529 g/mol. The zero-order valence-corrected chi connectivity index (χ0v) is 26.1. The summed E-state index contributed by atoms with van der Waals surface area (Å²) in [6.07, 6.45) is 16.6. The first kappa shape index (κ1) is 32.7. The van der Waals surface area contributed by atoms with Crippen LogP contribution in [-0.4, -0.2) is 59.1 Å². The Labute approximate surface area is 234 Å². The summed E-state index contributed by atoms with van der Waals surface area (Å²) < 4.78 is 0.